The maximum absolute atomic E-state index is 12.8. The summed E-state index contributed by atoms with van der Waals surface area (Å²) in [7, 11) is 2.95. The number of hydrogen-bond acceptors (Lipinski definition) is 5. The minimum atomic E-state index is -0.352. The zero-order valence-electron chi connectivity index (χ0n) is 15.8. The standard InChI is InChI=1S/C21H21N3O4/c1-27-18-10-6-5-9-17(18)23-12-14(11-19(23)25)21-22-15-7-3-4-8-16(15)24(21)13-20(26)28-2/h3-10,14H,11-13H2,1-2H3/t14-/m1/s1. The molecule has 7 heteroatoms. The van der Waals surface area contributed by atoms with Crippen molar-refractivity contribution in [3.8, 4) is 5.75 Å². The number of anilines is 1. The molecule has 0 unspecified atom stereocenters. The van der Waals surface area contributed by atoms with Gasteiger partial charge < -0.3 is 18.9 Å². The van der Waals surface area contributed by atoms with E-state index < -0.39 is 0 Å². The Morgan fingerprint density at radius 2 is 1.89 bits per heavy atom. The second-order valence-corrected chi connectivity index (χ2v) is 6.70. The van der Waals surface area contributed by atoms with Gasteiger partial charge in [0.15, 0.2) is 0 Å². The van der Waals surface area contributed by atoms with E-state index >= 15 is 0 Å². The van der Waals surface area contributed by atoms with Crippen LogP contribution in [0.25, 0.3) is 11.0 Å². The van der Waals surface area contributed by atoms with Gasteiger partial charge in [-0.2, -0.15) is 0 Å². The molecule has 1 amide bonds. The van der Waals surface area contributed by atoms with E-state index in [1.807, 2.05) is 53.1 Å². The fraction of sp³-hybridized carbons (Fsp3) is 0.286. The molecule has 0 aliphatic carbocycles. The summed E-state index contributed by atoms with van der Waals surface area (Å²) in [5, 5.41) is 0. The molecule has 2 heterocycles. The molecule has 1 atom stereocenters. The third-order valence-electron chi connectivity index (χ3n) is 5.07. The van der Waals surface area contributed by atoms with Gasteiger partial charge in [0.2, 0.25) is 5.91 Å². The molecule has 144 valence electrons. The number of hydrogen-bond donors (Lipinski definition) is 0. The van der Waals surface area contributed by atoms with E-state index in [9.17, 15) is 9.59 Å². The SMILES string of the molecule is COC(=O)Cn1c([C@@H]2CC(=O)N(c3ccccc3OC)C2)nc2ccccc21. The Morgan fingerprint density at radius 1 is 1.14 bits per heavy atom. The fourth-order valence-corrected chi connectivity index (χ4v) is 3.73. The molecule has 0 N–H and O–H groups in total. The molecule has 2 aromatic carbocycles. The van der Waals surface area contributed by atoms with E-state index in [1.54, 1.807) is 12.0 Å². The van der Waals surface area contributed by atoms with Crippen LogP contribution in [0.2, 0.25) is 0 Å². The van der Waals surface area contributed by atoms with Crippen molar-refractivity contribution in [3.63, 3.8) is 0 Å². The van der Waals surface area contributed by atoms with Gasteiger partial charge in [-0.1, -0.05) is 24.3 Å². The number of amides is 1. The lowest BCUT2D eigenvalue weighted by molar-refractivity contribution is -0.141. The van der Waals surface area contributed by atoms with E-state index in [1.165, 1.54) is 7.11 Å². The number of imidazole rings is 1. The average molecular weight is 379 g/mol. The maximum atomic E-state index is 12.8. The third kappa shape index (κ3) is 3.09. The predicted molar refractivity (Wildman–Crippen MR) is 104 cm³/mol. The van der Waals surface area contributed by atoms with Crippen LogP contribution >= 0.6 is 0 Å². The molecule has 7 nitrogen and oxygen atoms in total. The minimum Gasteiger partial charge on any atom is -0.495 e. The summed E-state index contributed by atoms with van der Waals surface area (Å²) in [6.45, 7) is 0.537. The summed E-state index contributed by atoms with van der Waals surface area (Å²) in [6.07, 6.45) is 0.322. The Kier molecular flexibility index (Phi) is 4.73. The molecule has 4 rings (SSSR count). The van der Waals surface area contributed by atoms with Crippen molar-refractivity contribution in [1.82, 2.24) is 9.55 Å². The summed E-state index contributed by atoms with van der Waals surface area (Å²) in [5.41, 5.74) is 2.39. The Bertz CT molecular complexity index is 1040. The number of esters is 1. The topological polar surface area (TPSA) is 73.7 Å². The molecule has 0 radical (unpaired) electrons. The number of ether oxygens (including phenoxy) is 2. The Labute approximate surface area is 162 Å². The molecule has 1 aliphatic rings. The van der Waals surface area contributed by atoms with Crippen LogP contribution in [-0.2, 0) is 20.9 Å². The minimum absolute atomic E-state index is 0.00572. The van der Waals surface area contributed by atoms with Crippen LogP contribution in [0.15, 0.2) is 48.5 Å². The Balaban J connectivity index is 1.72. The maximum Gasteiger partial charge on any atom is 0.325 e. The highest BCUT2D eigenvalue weighted by atomic mass is 16.5. The summed E-state index contributed by atoms with van der Waals surface area (Å²) in [4.78, 5) is 31.2. The van der Waals surface area contributed by atoms with Gasteiger partial charge in [0.05, 0.1) is 30.9 Å². The average Bonchev–Trinajstić information content (AvgIpc) is 3.28. The first-order valence-electron chi connectivity index (χ1n) is 9.07. The first-order chi connectivity index (χ1) is 13.6. The summed E-state index contributed by atoms with van der Waals surface area (Å²) < 4.78 is 12.1. The molecule has 3 aromatic rings. The number of carbonyl (C=O) groups excluding carboxylic acids is 2. The molecular formula is C21H21N3O4. The molecule has 1 saturated heterocycles. The van der Waals surface area contributed by atoms with Crippen molar-refractivity contribution in [2.45, 2.75) is 18.9 Å². The smallest absolute Gasteiger partial charge is 0.325 e. The van der Waals surface area contributed by atoms with Crippen LogP contribution < -0.4 is 9.64 Å². The Hall–Kier alpha value is -3.35. The van der Waals surface area contributed by atoms with Crippen LogP contribution in [0.3, 0.4) is 0 Å². The van der Waals surface area contributed by atoms with E-state index in [0.717, 1.165) is 22.5 Å². The van der Waals surface area contributed by atoms with E-state index in [4.69, 9.17) is 14.5 Å². The highest BCUT2D eigenvalue weighted by Crippen LogP contribution is 2.37. The highest BCUT2D eigenvalue weighted by molar-refractivity contribution is 5.98. The number of benzene rings is 2. The monoisotopic (exact) mass is 379 g/mol. The Morgan fingerprint density at radius 3 is 2.68 bits per heavy atom. The number of fused-ring (bicyclic) bond motifs is 1. The predicted octanol–water partition coefficient (Wildman–Crippen LogP) is 2.74. The van der Waals surface area contributed by atoms with E-state index in [-0.39, 0.29) is 24.3 Å². The molecule has 1 aliphatic heterocycles. The van der Waals surface area contributed by atoms with Crippen LogP contribution in [-0.4, -0.2) is 42.2 Å². The van der Waals surface area contributed by atoms with Crippen molar-refractivity contribution in [3.05, 3.63) is 54.4 Å². The number of carbonyl (C=O) groups is 2. The second-order valence-electron chi connectivity index (χ2n) is 6.70. The molecule has 1 aromatic heterocycles. The van der Waals surface area contributed by atoms with Crippen LogP contribution in [0.4, 0.5) is 5.69 Å². The molecule has 0 spiro atoms. The van der Waals surface area contributed by atoms with Crippen molar-refractivity contribution in [1.29, 1.82) is 0 Å². The molecule has 0 bridgehead atoms. The van der Waals surface area contributed by atoms with Crippen LogP contribution in [0.1, 0.15) is 18.2 Å². The quantitative estimate of drug-likeness (QED) is 0.638. The molecule has 0 saturated carbocycles. The van der Waals surface area contributed by atoms with E-state index in [0.29, 0.717) is 18.7 Å². The van der Waals surface area contributed by atoms with Crippen molar-refractivity contribution >= 4 is 28.6 Å². The zero-order valence-corrected chi connectivity index (χ0v) is 15.8. The van der Waals surface area contributed by atoms with Gasteiger partial charge in [0, 0.05) is 18.9 Å². The van der Waals surface area contributed by atoms with Gasteiger partial charge >= 0.3 is 5.97 Å². The first kappa shape index (κ1) is 18.0. The molecule has 28 heavy (non-hydrogen) atoms. The fourth-order valence-electron chi connectivity index (χ4n) is 3.73. The van der Waals surface area contributed by atoms with Gasteiger partial charge in [-0.15, -0.1) is 0 Å². The van der Waals surface area contributed by atoms with Gasteiger partial charge in [0.25, 0.3) is 0 Å². The van der Waals surface area contributed by atoms with Crippen molar-refractivity contribution in [2.75, 3.05) is 25.7 Å². The van der Waals surface area contributed by atoms with E-state index in [2.05, 4.69) is 0 Å². The number of methoxy groups -OCH3 is 2. The van der Waals surface area contributed by atoms with Gasteiger partial charge in [-0.05, 0) is 24.3 Å². The lowest BCUT2D eigenvalue weighted by atomic mass is 10.1. The largest absolute Gasteiger partial charge is 0.495 e. The summed E-state index contributed by atoms with van der Waals surface area (Å²) >= 11 is 0. The van der Waals surface area contributed by atoms with Crippen molar-refractivity contribution < 1.29 is 19.1 Å². The summed E-state index contributed by atoms with van der Waals surface area (Å²) in [6, 6.07) is 15.1. The number of aromatic nitrogens is 2. The van der Waals surface area contributed by atoms with Crippen LogP contribution in [0.5, 0.6) is 5.75 Å². The van der Waals surface area contributed by atoms with Crippen LogP contribution in [0, 0.1) is 0 Å². The third-order valence-corrected chi connectivity index (χ3v) is 5.07. The van der Waals surface area contributed by atoms with Gasteiger partial charge in [0.1, 0.15) is 18.1 Å². The second kappa shape index (κ2) is 7.34. The lowest BCUT2D eigenvalue weighted by Gasteiger charge is -2.19. The summed E-state index contributed by atoms with van der Waals surface area (Å²) in [5.74, 6) is 0.896. The van der Waals surface area contributed by atoms with Gasteiger partial charge in [-0.3, -0.25) is 9.59 Å². The number of para-hydroxylation sites is 4. The number of rotatable bonds is 5. The highest BCUT2D eigenvalue weighted by Gasteiger charge is 2.36. The number of nitrogens with zero attached hydrogens (tertiary/aromatic N) is 3. The zero-order chi connectivity index (χ0) is 19.7. The lowest BCUT2D eigenvalue weighted by Crippen LogP contribution is -2.25. The molecule has 1 fully saturated rings. The normalized spacial score (nSPS) is 16.6. The van der Waals surface area contributed by atoms with Gasteiger partial charge in [-0.25, -0.2) is 4.98 Å². The molecular weight excluding hydrogens is 358 g/mol. The van der Waals surface area contributed by atoms with Crippen molar-refractivity contribution in [2.24, 2.45) is 0 Å². The first-order valence-corrected chi connectivity index (χ1v) is 9.07.